The summed E-state index contributed by atoms with van der Waals surface area (Å²) in [5.41, 5.74) is 3.69. The third kappa shape index (κ3) is 4.76. The summed E-state index contributed by atoms with van der Waals surface area (Å²) < 4.78 is 0. The minimum atomic E-state index is -0.455. The number of nitrogens with zero attached hydrogens (tertiary/aromatic N) is 2. The van der Waals surface area contributed by atoms with E-state index in [1.807, 2.05) is 61.5 Å². The average Bonchev–Trinajstić information content (AvgIpc) is 3.38. The number of aryl methyl sites for hydroxylation is 1. The minimum Gasteiger partial charge on any atom is -0.350 e. The fraction of sp³-hybridized carbons (Fsp3) is 0.300. The summed E-state index contributed by atoms with van der Waals surface area (Å²) in [7, 11) is 0. The van der Waals surface area contributed by atoms with Crippen LogP contribution in [-0.4, -0.2) is 41.2 Å². The van der Waals surface area contributed by atoms with E-state index in [1.54, 1.807) is 21.9 Å². The summed E-state index contributed by atoms with van der Waals surface area (Å²) in [5.74, 6) is -0.334. The van der Waals surface area contributed by atoms with E-state index in [9.17, 15) is 14.4 Å². The van der Waals surface area contributed by atoms with Crippen molar-refractivity contribution in [1.82, 2.24) is 10.2 Å². The van der Waals surface area contributed by atoms with E-state index >= 15 is 0 Å². The highest BCUT2D eigenvalue weighted by atomic mass is 16.2. The topological polar surface area (TPSA) is 69.7 Å². The minimum absolute atomic E-state index is 0.00373. The Bertz CT molecular complexity index is 1270. The SMILES string of the molecule is CC(CCc1ccccc1)NC(=O)c1ccccc1CN1C(=O)C2CCCN2C(=O)c2ccccc21. The van der Waals surface area contributed by atoms with Gasteiger partial charge in [-0.25, -0.2) is 0 Å². The maximum Gasteiger partial charge on any atom is 0.256 e. The molecular weight excluding hydrogens is 450 g/mol. The van der Waals surface area contributed by atoms with Crippen molar-refractivity contribution < 1.29 is 14.4 Å². The molecule has 2 aliphatic rings. The van der Waals surface area contributed by atoms with E-state index < -0.39 is 6.04 Å². The lowest BCUT2D eigenvalue weighted by molar-refractivity contribution is -0.122. The fourth-order valence-corrected chi connectivity index (χ4v) is 5.22. The summed E-state index contributed by atoms with van der Waals surface area (Å²) in [6, 6.07) is 24.5. The molecule has 3 aromatic rings. The third-order valence-corrected chi connectivity index (χ3v) is 7.17. The van der Waals surface area contributed by atoms with Crippen LogP contribution in [0.1, 0.15) is 58.0 Å². The van der Waals surface area contributed by atoms with Gasteiger partial charge in [-0.3, -0.25) is 14.4 Å². The largest absolute Gasteiger partial charge is 0.350 e. The molecule has 2 heterocycles. The molecule has 0 bridgehead atoms. The number of rotatable bonds is 7. The summed E-state index contributed by atoms with van der Waals surface area (Å²) >= 11 is 0. The first kappa shape index (κ1) is 23.8. The number of benzene rings is 3. The summed E-state index contributed by atoms with van der Waals surface area (Å²) in [6.07, 6.45) is 3.19. The molecule has 0 saturated carbocycles. The second kappa shape index (κ2) is 10.4. The van der Waals surface area contributed by atoms with Crippen LogP contribution in [0.3, 0.4) is 0 Å². The average molecular weight is 482 g/mol. The van der Waals surface area contributed by atoms with Crippen LogP contribution in [0.5, 0.6) is 0 Å². The summed E-state index contributed by atoms with van der Waals surface area (Å²) in [4.78, 5) is 43.5. The first-order valence-electron chi connectivity index (χ1n) is 12.7. The summed E-state index contributed by atoms with van der Waals surface area (Å²) in [5, 5.41) is 3.13. The quantitative estimate of drug-likeness (QED) is 0.537. The molecule has 0 aliphatic carbocycles. The number of fused-ring (bicyclic) bond motifs is 2. The molecule has 5 rings (SSSR count). The highest BCUT2D eigenvalue weighted by molar-refractivity contribution is 6.11. The summed E-state index contributed by atoms with van der Waals surface area (Å²) in [6.45, 7) is 2.84. The number of carbonyl (C=O) groups is 3. The van der Waals surface area contributed by atoms with Gasteiger partial charge in [-0.1, -0.05) is 60.7 Å². The smallest absolute Gasteiger partial charge is 0.256 e. The van der Waals surface area contributed by atoms with E-state index in [2.05, 4.69) is 17.4 Å². The Morgan fingerprint density at radius 1 is 0.972 bits per heavy atom. The van der Waals surface area contributed by atoms with E-state index in [1.165, 1.54) is 5.56 Å². The van der Waals surface area contributed by atoms with Crippen LogP contribution < -0.4 is 10.2 Å². The first-order chi connectivity index (χ1) is 17.5. The third-order valence-electron chi connectivity index (χ3n) is 7.17. The number of carbonyl (C=O) groups excluding carboxylic acids is 3. The van der Waals surface area contributed by atoms with Gasteiger partial charge in [0.15, 0.2) is 0 Å². The number of nitrogens with one attached hydrogen (secondary N) is 1. The highest BCUT2D eigenvalue weighted by Gasteiger charge is 2.42. The van der Waals surface area contributed by atoms with Crippen LogP contribution in [-0.2, 0) is 17.8 Å². The monoisotopic (exact) mass is 481 g/mol. The van der Waals surface area contributed by atoms with Crippen molar-refractivity contribution in [3.05, 3.63) is 101 Å². The zero-order valence-corrected chi connectivity index (χ0v) is 20.5. The molecule has 3 amide bonds. The van der Waals surface area contributed by atoms with Gasteiger partial charge >= 0.3 is 0 Å². The van der Waals surface area contributed by atoms with Gasteiger partial charge < -0.3 is 15.1 Å². The lowest BCUT2D eigenvalue weighted by Crippen LogP contribution is -2.44. The molecule has 1 saturated heterocycles. The molecule has 36 heavy (non-hydrogen) atoms. The Hall–Kier alpha value is -3.93. The number of hydrogen-bond donors (Lipinski definition) is 1. The van der Waals surface area contributed by atoms with Gasteiger partial charge in [0.05, 0.1) is 17.8 Å². The van der Waals surface area contributed by atoms with E-state index in [0.29, 0.717) is 29.8 Å². The fourth-order valence-electron chi connectivity index (χ4n) is 5.22. The van der Waals surface area contributed by atoms with Crippen molar-refractivity contribution in [2.75, 3.05) is 11.4 Å². The number of anilines is 1. The number of hydrogen-bond acceptors (Lipinski definition) is 3. The van der Waals surface area contributed by atoms with Crippen LogP contribution in [0.2, 0.25) is 0 Å². The second-order valence-electron chi connectivity index (χ2n) is 9.65. The molecule has 0 aromatic heterocycles. The molecule has 2 unspecified atom stereocenters. The lowest BCUT2D eigenvalue weighted by Gasteiger charge is -2.27. The van der Waals surface area contributed by atoms with Crippen LogP contribution in [0, 0.1) is 0 Å². The van der Waals surface area contributed by atoms with Crippen LogP contribution in [0.15, 0.2) is 78.9 Å². The Balaban J connectivity index is 1.37. The molecule has 1 N–H and O–H groups in total. The van der Waals surface area contributed by atoms with Gasteiger partial charge in [0, 0.05) is 18.2 Å². The van der Waals surface area contributed by atoms with Crippen molar-refractivity contribution in [3.63, 3.8) is 0 Å². The molecular formula is C30H31N3O3. The van der Waals surface area contributed by atoms with Crippen molar-refractivity contribution in [2.24, 2.45) is 0 Å². The van der Waals surface area contributed by atoms with Crippen molar-refractivity contribution in [3.8, 4) is 0 Å². The van der Waals surface area contributed by atoms with E-state index in [4.69, 9.17) is 0 Å². The predicted molar refractivity (Wildman–Crippen MR) is 140 cm³/mol. The molecule has 184 valence electrons. The van der Waals surface area contributed by atoms with Gasteiger partial charge in [-0.05, 0) is 61.9 Å². The zero-order valence-electron chi connectivity index (χ0n) is 20.5. The Kier molecular flexibility index (Phi) is 6.85. The standard InChI is InChI=1S/C30H31N3O3/c1-21(17-18-22-10-3-2-4-11-22)31-28(34)24-13-6-5-12-23(24)20-33-26-15-8-7-14-25(26)29(35)32-19-9-16-27(32)30(33)36/h2-8,10-15,21,27H,9,16-20H2,1H3,(H,31,34). The predicted octanol–water partition coefficient (Wildman–Crippen LogP) is 4.59. The lowest BCUT2D eigenvalue weighted by atomic mass is 10.0. The number of para-hydroxylation sites is 1. The first-order valence-corrected chi connectivity index (χ1v) is 12.7. The Labute approximate surface area is 211 Å². The number of amides is 3. The van der Waals surface area contributed by atoms with Gasteiger partial charge in [0.2, 0.25) is 5.91 Å². The molecule has 0 spiro atoms. The molecule has 1 fully saturated rings. The van der Waals surface area contributed by atoms with Gasteiger partial charge in [-0.15, -0.1) is 0 Å². The molecule has 6 heteroatoms. The van der Waals surface area contributed by atoms with Gasteiger partial charge in [-0.2, -0.15) is 0 Å². The van der Waals surface area contributed by atoms with E-state index in [-0.39, 0.29) is 30.3 Å². The molecule has 0 radical (unpaired) electrons. The van der Waals surface area contributed by atoms with Gasteiger partial charge in [0.25, 0.3) is 11.8 Å². The normalized spacial score (nSPS) is 17.9. The zero-order chi connectivity index (χ0) is 25.1. The molecule has 2 aliphatic heterocycles. The molecule has 6 nitrogen and oxygen atoms in total. The Morgan fingerprint density at radius 2 is 1.69 bits per heavy atom. The molecule has 2 atom stereocenters. The Morgan fingerprint density at radius 3 is 2.53 bits per heavy atom. The van der Waals surface area contributed by atoms with Crippen LogP contribution >= 0.6 is 0 Å². The molecule has 3 aromatic carbocycles. The maximum atomic E-state index is 13.6. The van der Waals surface area contributed by atoms with Gasteiger partial charge in [0.1, 0.15) is 6.04 Å². The van der Waals surface area contributed by atoms with Crippen LogP contribution in [0.4, 0.5) is 5.69 Å². The highest BCUT2D eigenvalue weighted by Crippen LogP contribution is 2.33. The second-order valence-corrected chi connectivity index (χ2v) is 9.65. The van der Waals surface area contributed by atoms with Crippen molar-refractivity contribution in [1.29, 1.82) is 0 Å². The van der Waals surface area contributed by atoms with Crippen molar-refractivity contribution in [2.45, 2.75) is 51.2 Å². The maximum absolute atomic E-state index is 13.6. The van der Waals surface area contributed by atoms with Crippen molar-refractivity contribution >= 4 is 23.4 Å². The van der Waals surface area contributed by atoms with E-state index in [0.717, 1.165) is 24.8 Å². The van der Waals surface area contributed by atoms with Crippen LogP contribution in [0.25, 0.3) is 0 Å².